The van der Waals surface area contributed by atoms with Crippen LogP contribution in [-0.2, 0) is 4.79 Å². The molecule has 7 heavy (non-hydrogen) atoms. The fourth-order valence-electron chi connectivity index (χ4n) is 0.176. The van der Waals surface area contributed by atoms with Crippen molar-refractivity contribution >= 4 is 17.4 Å². The van der Waals surface area contributed by atoms with Gasteiger partial charge in [-0.25, -0.2) is 0 Å². The Kier molecular flexibility index (Phi) is 3.80. The Morgan fingerprint density at radius 1 is 2.00 bits per heavy atom. The van der Waals surface area contributed by atoms with E-state index in [0.29, 0.717) is 0 Å². The van der Waals surface area contributed by atoms with Gasteiger partial charge < -0.3 is 0 Å². The van der Waals surface area contributed by atoms with Crippen LogP contribution in [0.15, 0.2) is 12.2 Å². The normalized spacial score (nSPS) is 8.14. The highest BCUT2D eigenvalue weighted by atomic mass is 32.2. The van der Waals surface area contributed by atoms with Crippen molar-refractivity contribution in [3.8, 4) is 0 Å². The smallest absolute Gasteiger partial charge is 0.176 e. The Hall–Kier alpha value is -0.240. The summed E-state index contributed by atoms with van der Waals surface area (Å²) in [6, 6.07) is 0. The standard InChI is InChI=1S/C5H8OS/c1-5(2)3-7-4-6/h4H,1,3H2,2H3. The molecule has 0 spiro atoms. The van der Waals surface area contributed by atoms with E-state index in [1.807, 2.05) is 6.92 Å². The van der Waals surface area contributed by atoms with Gasteiger partial charge in [-0.15, -0.1) is 0 Å². The lowest BCUT2D eigenvalue weighted by molar-refractivity contribution is 0.570. The van der Waals surface area contributed by atoms with Gasteiger partial charge >= 0.3 is 0 Å². The average molecular weight is 116 g/mol. The van der Waals surface area contributed by atoms with Gasteiger partial charge in [0.25, 0.3) is 0 Å². The van der Waals surface area contributed by atoms with Crippen molar-refractivity contribution in [3.05, 3.63) is 12.2 Å². The third-order valence-electron chi connectivity index (χ3n) is 0.398. The minimum atomic E-state index is 0.753. The van der Waals surface area contributed by atoms with Crippen molar-refractivity contribution in [2.75, 3.05) is 5.75 Å². The van der Waals surface area contributed by atoms with Gasteiger partial charge in [-0.3, -0.25) is 4.79 Å². The van der Waals surface area contributed by atoms with Gasteiger partial charge in [0.2, 0.25) is 0 Å². The van der Waals surface area contributed by atoms with Gasteiger partial charge in [-0.05, 0) is 6.92 Å². The first-order valence-corrected chi connectivity index (χ1v) is 3.02. The molecule has 0 aliphatic heterocycles. The van der Waals surface area contributed by atoms with Crippen LogP contribution in [0.4, 0.5) is 0 Å². The largest absolute Gasteiger partial charge is 0.291 e. The minimum Gasteiger partial charge on any atom is -0.291 e. The highest BCUT2D eigenvalue weighted by Crippen LogP contribution is 1.98. The number of hydrogen-bond donors (Lipinski definition) is 0. The molecule has 2 heteroatoms. The fourth-order valence-corrected chi connectivity index (χ4v) is 0.529. The van der Waals surface area contributed by atoms with E-state index in [2.05, 4.69) is 6.58 Å². The van der Waals surface area contributed by atoms with Crippen molar-refractivity contribution in [1.82, 2.24) is 0 Å². The number of thioether (sulfide) groups is 1. The fraction of sp³-hybridized carbons (Fsp3) is 0.400. The molecule has 0 aliphatic carbocycles. The lowest BCUT2D eigenvalue weighted by Crippen LogP contribution is -1.75. The summed E-state index contributed by atoms with van der Waals surface area (Å²) in [4.78, 5) is 9.63. The molecule has 0 aromatic rings. The van der Waals surface area contributed by atoms with Crippen molar-refractivity contribution < 1.29 is 4.79 Å². The van der Waals surface area contributed by atoms with Crippen molar-refractivity contribution in [2.45, 2.75) is 6.92 Å². The maximum absolute atomic E-state index is 9.63. The third kappa shape index (κ3) is 5.76. The molecule has 0 heterocycles. The Labute approximate surface area is 47.8 Å². The molecule has 0 rings (SSSR count). The van der Waals surface area contributed by atoms with E-state index in [-0.39, 0.29) is 0 Å². The number of rotatable bonds is 3. The lowest BCUT2D eigenvalue weighted by atomic mass is 10.4. The molecule has 0 saturated heterocycles. The molecule has 0 aromatic carbocycles. The molecule has 1 nitrogen and oxygen atoms in total. The van der Waals surface area contributed by atoms with Gasteiger partial charge in [0.1, 0.15) is 0 Å². The van der Waals surface area contributed by atoms with Crippen LogP contribution in [-0.4, -0.2) is 11.4 Å². The van der Waals surface area contributed by atoms with E-state index in [4.69, 9.17) is 0 Å². The molecule has 0 amide bonds. The van der Waals surface area contributed by atoms with Crippen LogP contribution in [0.5, 0.6) is 0 Å². The monoisotopic (exact) mass is 116 g/mol. The van der Waals surface area contributed by atoms with E-state index in [1.54, 1.807) is 0 Å². The zero-order valence-electron chi connectivity index (χ0n) is 4.31. The summed E-state index contributed by atoms with van der Waals surface area (Å²) in [5.74, 6) is 0.753. The van der Waals surface area contributed by atoms with Gasteiger partial charge in [-0.1, -0.05) is 23.9 Å². The van der Waals surface area contributed by atoms with Crippen LogP contribution in [0.2, 0.25) is 0 Å². The molecule has 0 bridgehead atoms. The molecule has 0 fully saturated rings. The van der Waals surface area contributed by atoms with Crippen molar-refractivity contribution in [2.24, 2.45) is 0 Å². The predicted octanol–water partition coefficient (Wildman–Crippen LogP) is 1.49. The van der Waals surface area contributed by atoms with Gasteiger partial charge in [0.15, 0.2) is 5.62 Å². The Morgan fingerprint density at radius 3 is 2.71 bits per heavy atom. The van der Waals surface area contributed by atoms with Crippen LogP contribution in [0, 0.1) is 0 Å². The number of carbonyl (C=O) groups excluding carboxylic acids is 1. The average Bonchev–Trinajstić information content (AvgIpc) is 1.61. The highest BCUT2D eigenvalue weighted by molar-refractivity contribution is 8.12. The third-order valence-corrected chi connectivity index (χ3v) is 1.19. The van der Waals surface area contributed by atoms with E-state index in [9.17, 15) is 4.79 Å². The summed E-state index contributed by atoms with van der Waals surface area (Å²) >= 11 is 1.24. The van der Waals surface area contributed by atoms with E-state index < -0.39 is 0 Å². The SMILES string of the molecule is C=C(C)CSC=O. The first kappa shape index (κ1) is 6.76. The van der Waals surface area contributed by atoms with Crippen LogP contribution in [0.25, 0.3) is 0 Å². The summed E-state index contributed by atoms with van der Waals surface area (Å²) in [6.07, 6.45) is 0. The number of carbonyl (C=O) groups is 1. The summed E-state index contributed by atoms with van der Waals surface area (Å²) in [7, 11) is 0. The summed E-state index contributed by atoms with van der Waals surface area (Å²) in [5.41, 5.74) is 1.87. The van der Waals surface area contributed by atoms with Crippen LogP contribution in [0.3, 0.4) is 0 Å². The summed E-state index contributed by atoms with van der Waals surface area (Å²) in [5, 5.41) is 0. The Bertz CT molecular complexity index is 78.1. The van der Waals surface area contributed by atoms with Crippen LogP contribution >= 0.6 is 11.8 Å². The second-order valence-electron chi connectivity index (χ2n) is 1.36. The highest BCUT2D eigenvalue weighted by Gasteiger charge is 1.81. The van der Waals surface area contributed by atoms with E-state index in [1.165, 1.54) is 11.8 Å². The van der Waals surface area contributed by atoms with E-state index in [0.717, 1.165) is 16.9 Å². The molecule has 0 atom stereocenters. The Balaban J connectivity index is 2.97. The molecule has 0 unspecified atom stereocenters. The topological polar surface area (TPSA) is 17.1 Å². The first-order valence-electron chi connectivity index (χ1n) is 1.97. The second kappa shape index (κ2) is 3.93. The molecule has 0 aliphatic rings. The number of hydrogen-bond acceptors (Lipinski definition) is 2. The zero-order valence-corrected chi connectivity index (χ0v) is 5.12. The molecule has 0 N–H and O–H groups in total. The van der Waals surface area contributed by atoms with Crippen LogP contribution in [0.1, 0.15) is 6.92 Å². The maximum atomic E-state index is 9.63. The Morgan fingerprint density at radius 2 is 2.57 bits per heavy atom. The molecular weight excluding hydrogens is 108 g/mol. The molecule has 40 valence electrons. The second-order valence-corrected chi connectivity index (χ2v) is 2.18. The van der Waals surface area contributed by atoms with Crippen molar-refractivity contribution in [1.29, 1.82) is 0 Å². The first-order chi connectivity index (χ1) is 3.27. The molecular formula is C5H8OS. The molecule has 0 radical (unpaired) electrons. The maximum Gasteiger partial charge on any atom is 0.176 e. The van der Waals surface area contributed by atoms with Gasteiger partial charge in [0, 0.05) is 5.75 Å². The molecule has 0 aromatic heterocycles. The minimum absolute atomic E-state index is 0.753. The predicted molar refractivity (Wildman–Crippen MR) is 34.0 cm³/mol. The van der Waals surface area contributed by atoms with Crippen LogP contribution < -0.4 is 0 Å². The van der Waals surface area contributed by atoms with Crippen molar-refractivity contribution in [3.63, 3.8) is 0 Å². The zero-order chi connectivity index (χ0) is 5.70. The lowest BCUT2D eigenvalue weighted by Gasteiger charge is -1.86. The van der Waals surface area contributed by atoms with E-state index >= 15 is 0 Å². The summed E-state index contributed by atoms with van der Waals surface area (Å²) < 4.78 is 0. The quantitative estimate of drug-likeness (QED) is 0.410. The van der Waals surface area contributed by atoms with Gasteiger partial charge in [0.05, 0.1) is 0 Å². The summed E-state index contributed by atoms with van der Waals surface area (Å²) in [6.45, 7) is 5.51. The molecule has 0 saturated carbocycles. The van der Waals surface area contributed by atoms with Gasteiger partial charge in [-0.2, -0.15) is 0 Å².